The first-order valence-corrected chi connectivity index (χ1v) is 6.65. The summed E-state index contributed by atoms with van der Waals surface area (Å²) in [7, 11) is 1.78. The molecule has 2 nitrogen and oxygen atoms in total. The maximum atomic E-state index is 5.97. The Labute approximate surface area is 114 Å². The fourth-order valence-corrected chi connectivity index (χ4v) is 2.40. The molecular weight excluding hydrogens is 236 g/mol. The van der Waals surface area contributed by atoms with Crippen molar-refractivity contribution in [1.82, 2.24) is 0 Å². The van der Waals surface area contributed by atoms with Crippen molar-refractivity contribution in [2.45, 2.75) is 25.0 Å². The zero-order valence-electron chi connectivity index (χ0n) is 11.1. The molecule has 0 aliphatic heterocycles. The average molecular weight is 254 g/mol. The van der Waals surface area contributed by atoms with E-state index in [0.29, 0.717) is 6.61 Å². The lowest BCUT2D eigenvalue weighted by molar-refractivity contribution is 0.0755. The Hall–Kier alpha value is -1.80. The lowest BCUT2D eigenvalue weighted by Crippen LogP contribution is -2.11. The van der Waals surface area contributed by atoms with Crippen LogP contribution in [0.1, 0.15) is 24.0 Å². The van der Waals surface area contributed by atoms with Crippen molar-refractivity contribution >= 4 is 0 Å². The molecule has 2 heteroatoms. The molecule has 3 rings (SSSR count). The first kappa shape index (κ1) is 12.2. The van der Waals surface area contributed by atoms with Crippen LogP contribution < -0.4 is 4.74 Å². The van der Waals surface area contributed by atoms with Gasteiger partial charge in [0.1, 0.15) is 12.4 Å². The van der Waals surface area contributed by atoms with Crippen molar-refractivity contribution in [3.05, 3.63) is 65.7 Å². The predicted molar refractivity (Wildman–Crippen MR) is 75.1 cm³/mol. The first-order valence-electron chi connectivity index (χ1n) is 6.65. The molecule has 0 saturated heterocycles. The van der Waals surface area contributed by atoms with Gasteiger partial charge in [-0.25, -0.2) is 0 Å². The normalized spacial score (nSPS) is 16.1. The molecule has 1 saturated carbocycles. The highest BCUT2D eigenvalue weighted by Crippen LogP contribution is 2.51. The molecule has 0 amide bonds. The summed E-state index contributed by atoms with van der Waals surface area (Å²) in [6, 6.07) is 18.4. The second-order valence-electron chi connectivity index (χ2n) is 4.97. The van der Waals surface area contributed by atoms with E-state index in [9.17, 15) is 0 Å². The second-order valence-corrected chi connectivity index (χ2v) is 4.97. The zero-order chi connectivity index (χ0) is 13.1. The number of hydrogen-bond donors (Lipinski definition) is 0. The summed E-state index contributed by atoms with van der Waals surface area (Å²) < 4.78 is 11.6. The van der Waals surface area contributed by atoms with E-state index in [-0.39, 0.29) is 5.60 Å². The van der Waals surface area contributed by atoms with Crippen LogP contribution in [-0.2, 0) is 16.9 Å². The Kier molecular flexibility index (Phi) is 3.26. The zero-order valence-corrected chi connectivity index (χ0v) is 11.1. The second kappa shape index (κ2) is 5.06. The number of ether oxygens (including phenoxy) is 2. The summed E-state index contributed by atoms with van der Waals surface area (Å²) >= 11 is 0. The minimum absolute atomic E-state index is 0.104. The van der Waals surface area contributed by atoms with E-state index in [2.05, 4.69) is 18.2 Å². The van der Waals surface area contributed by atoms with E-state index in [0.717, 1.165) is 18.6 Å². The van der Waals surface area contributed by atoms with Crippen LogP contribution >= 0.6 is 0 Å². The number of hydrogen-bond acceptors (Lipinski definition) is 2. The SMILES string of the molecule is COC1(c2ccccc2OCc2ccccc2)CC1. The van der Waals surface area contributed by atoms with Crippen molar-refractivity contribution in [3.8, 4) is 5.75 Å². The van der Waals surface area contributed by atoms with Crippen molar-refractivity contribution in [3.63, 3.8) is 0 Å². The topological polar surface area (TPSA) is 18.5 Å². The maximum Gasteiger partial charge on any atom is 0.125 e. The van der Waals surface area contributed by atoms with Crippen LogP contribution in [0.5, 0.6) is 5.75 Å². The van der Waals surface area contributed by atoms with Gasteiger partial charge < -0.3 is 9.47 Å². The van der Waals surface area contributed by atoms with Gasteiger partial charge in [-0.15, -0.1) is 0 Å². The summed E-state index contributed by atoms with van der Waals surface area (Å²) in [6.07, 6.45) is 2.16. The fraction of sp³-hybridized carbons (Fsp3) is 0.294. The van der Waals surface area contributed by atoms with E-state index in [1.54, 1.807) is 7.11 Å². The van der Waals surface area contributed by atoms with E-state index in [1.165, 1.54) is 11.1 Å². The molecule has 1 aliphatic rings. The summed E-state index contributed by atoms with van der Waals surface area (Å²) in [4.78, 5) is 0. The van der Waals surface area contributed by atoms with Gasteiger partial charge in [0.2, 0.25) is 0 Å². The molecule has 98 valence electrons. The third kappa shape index (κ3) is 2.49. The lowest BCUT2D eigenvalue weighted by Gasteiger charge is -2.18. The number of rotatable bonds is 5. The Morgan fingerprint density at radius 2 is 1.63 bits per heavy atom. The molecule has 0 bridgehead atoms. The molecule has 0 unspecified atom stereocenters. The average Bonchev–Trinajstić information content (AvgIpc) is 3.28. The first-order chi connectivity index (χ1) is 9.34. The maximum absolute atomic E-state index is 5.97. The van der Waals surface area contributed by atoms with Crippen LogP contribution in [0.2, 0.25) is 0 Å². The van der Waals surface area contributed by atoms with Crippen LogP contribution in [0.25, 0.3) is 0 Å². The Balaban J connectivity index is 1.78. The summed E-state index contributed by atoms with van der Waals surface area (Å²) in [5.74, 6) is 0.936. The van der Waals surface area contributed by atoms with Gasteiger partial charge >= 0.3 is 0 Å². The van der Waals surface area contributed by atoms with Gasteiger partial charge in [-0.05, 0) is 24.5 Å². The summed E-state index contributed by atoms with van der Waals surface area (Å²) in [6.45, 7) is 0.595. The van der Waals surface area contributed by atoms with Gasteiger partial charge in [-0.2, -0.15) is 0 Å². The van der Waals surface area contributed by atoms with Crippen LogP contribution in [0.15, 0.2) is 54.6 Å². The molecule has 0 spiro atoms. The Bertz CT molecular complexity index is 544. The summed E-state index contributed by atoms with van der Waals surface area (Å²) in [5.41, 5.74) is 2.25. The third-order valence-corrected chi connectivity index (χ3v) is 3.71. The molecule has 2 aromatic carbocycles. The van der Waals surface area contributed by atoms with Gasteiger partial charge in [0.25, 0.3) is 0 Å². The number of methoxy groups -OCH3 is 1. The van der Waals surface area contributed by atoms with E-state index < -0.39 is 0 Å². The van der Waals surface area contributed by atoms with Crippen molar-refractivity contribution in [2.75, 3.05) is 7.11 Å². The standard InChI is InChI=1S/C17H18O2/c1-18-17(11-12-17)15-9-5-6-10-16(15)19-13-14-7-3-2-4-8-14/h2-10H,11-13H2,1H3. The van der Waals surface area contributed by atoms with Gasteiger partial charge in [0, 0.05) is 12.7 Å². The molecule has 0 aromatic heterocycles. The molecule has 1 fully saturated rings. The van der Waals surface area contributed by atoms with Gasteiger partial charge in [0.15, 0.2) is 0 Å². The number of para-hydroxylation sites is 1. The van der Waals surface area contributed by atoms with Gasteiger partial charge in [-0.1, -0.05) is 48.5 Å². The van der Waals surface area contributed by atoms with Crippen molar-refractivity contribution in [1.29, 1.82) is 0 Å². The Morgan fingerprint density at radius 3 is 2.32 bits per heavy atom. The van der Waals surface area contributed by atoms with Crippen LogP contribution in [0.3, 0.4) is 0 Å². The molecule has 0 radical (unpaired) electrons. The molecule has 19 heavy (non-hydrogen) atoms. The quantitative estimate of drug-likeness (QED) is 0.805. The molecule has 2 aromatic rings. The van der Waals surface area contributed by atoms with E-state index in [4.69, 9.17) is 9.47 Å². The highest BCUT2D eigenvalue weighted by molar-refractivity contribution is 5.41. The smallest absolute Gasteiger partial charge is 0.125 e. The Morgan fingerprint density at radius 1 is 0.947 bits per heavy atom. The predicted octanol–water partition coefficient (Wildman–Crippen LogP) is 3.90. The van der Waals surface area contributed by atoms with Crippen LogP contribution in [-0.4, -0.2) is 7.11 Å². The minimum Gasteiger partial charge on any atom is -0.489 e. The van der Waals surface area contributed by atoms with Gasteiger partial charge in [0.05, 0.1) is 5.60 Å². The highest BCUT2D eigenvalue weighted by atomic mass is 16.5. The number of benzene rings is 2. The van der Waals surface area contributed by atoms with E-state index >= 15 is 0 Å². The lowest BCUT2D eigenvalue weighted by atomic mass is 10.1. The minimum atomic E-state index is -0.104. The van der Waals surface area contributed by atoms with Gasteiger partial charge in [-0.3, -0.25) is 0 Å². The van der Waals surface area contributed by atoms with E-state index in [1.807, 2.05) is 36.4 Å². The van der Waals surface area contributed by atoms with Crippen LogP contribution in [0.4, 0.5) is 0 Å². The molecular formula is C17H18O2. The molecule has 0 atom stereocenters. The fourth-order valence-electron chi connectivity index (χ4n) is 2.40. The van der Waals surface area contributed by atoms with Crippen molar-refractivity contribution < 1.29 is 9.47 Å². The largest absolute Gasteiger partial charge is 0.489 e. The summed E-state index contributed by atoms with van der Waals surface area (Å²) in [5, 5.41) is 0. The highest BCUT2D eigenvalue weighted by Gasteiger charge is 2.46. The molecule has 0 N–H and O–H groups in total. The monoisotopic (exact) mass is 254 g/mol. The third-order valence-electron chi connectivity index (χ3n) is 3.71. The molecule has 0 heterocycles. The van der Waals surface area contributed by atoms with Crippen molar-refractivity contribution in [2.24, 2.45) is 0 Å². The van der Waals surface area contributed by atoms with Crippen LogP contribution in [0, 0.1) is 0 Å². The molecule has 1 aliphatic carbocycles.